The Morgan fingerprint density at radius 3 is 2.60 bits per heavy atom. The summed E-state index contributed by atoms with van der Waals surface area (Å²) in [5.41, 5.74) is 0.0586. The third-order valence-electron chi connectivity index (χ3n) is 2.93. The molecule has 0 unspecified atom stereocenters. The fourth-order valence-corrected chi connectivity index (χ4v) is 1.69. The Labute approximate surface area is 123 Å². The molecule has 0 saturated carbocycles. The first-order valence-corrected chi connectivity index (χ1v) is 6.54. The van der Waals surface area contributed by atoms with Gasteiger partial charge in [-0.1, -0.05) is 24.6 Å². The molecule has 1 aromatic rings. The van der Waals surface area contributed by atoms with Gasteiger partial charge in [0.25, 0.3) is 0 Å². The fourth-order valence-electron chi connectivity index (χ4n) is 1.58. The minimum atomic E-state index is -0.708. The van der Waals surface area contributed by atoms with Crippen LogP contribution in [0.25, 0.3) is 6.08 Å². The first-order chi connectivity index (χ1) is 9.40. The summed E-state index contributed by atoms with van der Waals surface area (Å²) in [5.74, 6) is -0.215. The van der Waals surface area contributed by atoms with Crippen LogP contribution in [0.1, 0.15) is 12.5 Å². The van der Waals surface area contributed by atoms with E-state index in [4.69, 9.17) is 11.6 Å². The number of likely N-dealkylation sites (N-methyl/N-ethyl adjacent to an activating group) is 1. The third-order valence-corrected chi connectivity index (χ3v) is 3.15. The van der Waals surface area contributed by atoms with Crippen LogP contribution in [0.4, 0.5) is 0 Å². The molecule has 5 nitrogen and oxygen atoms in total. The van der Waals surface area contributed by atoms with E-state index in [2.05, 4.69) is 4.98 Å². The number of hydrogen-bond donors (Lipinski definition) is 2. The number of halogens is 1. The Hall–Kier alpha value is -1.43. The van der Waals surface area contributed by atoms with Crippen molar-refractivity contribution in [2.45, 2.75) is 6.92 Å². The van der Waals surface area contributed by atoms with Crippen LogP contribution >= 0.6 is 11.6 Å². The number of pyridine rings is 1. The van der Waals surface area contributed by atoms with Crippen LogP contribution in [0, 0.1) is 5.41 Å². The van der Waals surface area contributed by atoms with Crippen LogP contribution in [0.5, 0.6) is 0 Å². The molecule has 0 aliphatic carbocycles. The van der Waals surface area contributed by atoms with Crippen LogP contribution < -0.4 is 0 Å². The Morgan fingerprint density at radius 2 is 2.10 bits per heavy atom. The highest BCUT2D eigenvalue weighted by atomic mass is 35.5. The lowest BCUT2D eigenvalue weighted by atomic mass is 9.92. The average Bonchev–Trinajstić information content (AvgIpc) is 2.46. The molecule has 0 aliphatic rings. The molecule has 2 N–H and O–H groups in total. The zero-order valence-corrected chi connectivity index (χ0v) is 12.3. The minimum Gasteiger partial charge on any atom is -0.396 e. The molecule has 0 radical (unpaired) electrons. The third kappa shape index (κ3) is 4.92. The number of aliphatic hydroxyl groups excluding tert-OH is 2. The van der Waals surface area contributed by atoms with Crippen LogP contribution in [-0.4, -0.2) is 52.8 Å². The van der Waals surface area contributed by atoms with E-state index in [0.717, 1.165) is 5.56 Å². The summed E-state index contributed by atoms with van der Waals surface area (Å²) in [7, 11) is 1.62. The van der Waals surface area contributed by atoms with Gasteiger partial charge in [0.15, 0.2) is 0 Å². The van der Waals surface area contributed by atoms with Gasteiger partial charge in [-0.25, -0.2) is 4.98 Å². The second-order valence-corrected chi connectivity index (χ2v) is 5.46. The lowest BCUT2D eigenvalue weighted by Gasteiger charge is -2.29. The number of hydrogen-bond acceptors (Lipinski definition) is 4. The predicted molar refractivity (Wildman–Crippen MR) is 78.2 cm³/mol. The van der Waals surface area contributed by atoms with Crippen LogP contribution in [0.3, 0.4) is 0 Å². The van der Waals surface area contributed by atoms with Crippen molar-refractivity contribution in [1.82, 2.24) is 9.88 Å². The average molecular weight is 299 g/mol. The molecule has 0 aromatic carbocycles. The van der Waals surface area contributed by atoms with E-state index in [1.807, 2.05) is 0 Å². The summed E-state index contributed by atoms with van der Waals surface area (Å²) in [5, 5.41) is 18.8. The SMILES string of the molecule is CN(CC(C)(CO)CO)C(=O)/C=C/c1ccc(Cl)nc1. The smallest absolute Gasteiger partial charge is 0.246 e. The molecule has 0 atom stereocenters. The lowest BCUT2D eigenvalue weighted by molar-refractivity contribution is -0.126. The molecule has 1 heterocycles. The molecule has 20 heavy (non-hydrogen) atoms. The largest absolute Gasteiger partial charge is 0.396 e. The number of carbonyl (C=O) groups excluding carboxylic acids is 1. The highest BCUT2D eigenvalue weighted by molar-refractivity contribution is 6.29. The van der Waals surface area contributed by atoms with Gasteiger partial charge in [-0.15, -0.1) is 0 Å². The first kappa shape index (κ1) is 16.6. The standard InChI is InChI=1S/C14H19ClN2O3/c1-14(9-18,10-19)8-17(2)13(20)6-4-11-3-5-12(15)16-7-11/h3-7,18-19H,8-10H2,1-2H3/b6-4+. The predicted octanol–water partition coefficient (Wildman–Crippen LogP) is 1.20. The molecular formula is C14H19ClN2O3. The van der Waals surface area contributed by atoms with Crippen molar-refractivity contribution in [3.63, 3.8) is 0 Å². The second-order valence-electron chi connectivity index (χ2n) is 5.07. The summed E-state index contributed by atoms with van der Waals surface area (Å²) in [6, 6.07) is 3.40. The van der Waals surface area contributed by atoms with E-state index >= 15 is 0 Å². The van der Waals surface area contributed by atoms with Gasteiger partial charge in [0.2, 0.25) is 5.91 Å². The van der Waals surface area contributed by atoms with E-state index in [0.29, 0.717) is 5.15 Å². The lowest BCUT2D eigenvalue weighted by Crippen LogP contribution is -2.41. The van der Waals surface area contributed by atoms with Gasteiger partial charge < -0.3 is 15.1 Å². The Morgan fingerprint density at radius 1 is 1.45 bits per heavy atom. The Balaban J connectivity index is 2.64. The zero-order chi connectivity index (χ0) is 15.2. The summed E-state index contributed by atoms with van der Waals surface area (Å²) >= 11 is 5.67. The van der Waals surface area contributed by atoms with E-state index in [1.54, 1.807) is 38.4 Å². The number of amides is 1. The summed E-state index contributed by atoms with van der Waals surface area (Å²) in [4.78, 5) is 17.3. The number of nitrogens with zero attached hydrogens (tertiary/aromatic N) is 2. The van der Waals surface area contributed by atoms with Crippen LogP contribution in [-0.2, 0) is 4.79 Å². The van der Waals surface area contributed by atoms with Gasteiger partial charge in [-0.05, 0) is 17.7 Å². The molecule has 0 aliphatic heterocycles. The summed E-state index contributed by atoms with van der Waals surface area (Å²) < 4.78 is 0. The van der Waals surface area contributed by atoms with Crippen molar-refractivity contribution in [3.8, 4) is 0 Å². The van der Waals surface area contributed by atoms with Crippen molar-refractivity contribution in [2.24, 2.45) is 5.41 Å². The van der Waals surface area contributed by atoms with E-state index < -0.39 is 5.41 Å². The van der Waals surface area contributed by atoms with Crippen molar-refractivity contribution < 1.29 is 15.0 Å². The maximum absolute atomic E-state index is 11.9. The Bertz CT molecular complexity index is 470. The van der Waals surface area contributed by atoms with Gasteiger partial charge in [-0.3, -0.25) is 4.79 Å². The summed E-state index contributed by atoms with van der Waals surface area (Å²) in [6.45, 7) is 1.60. The topological polar surface area (TPSA) is 73.7 Å². The monoisotopic (exact) mass is 298 g/mol. The van der Waals surface area contributed by atoms with Gasteiger partial charge >= 0.3 is 0 Å². The van der Waals surface area contributed by atoms with Crippen LogP contribution in [0.15, 0.2) is 24.4 Å². The normalized spacial score (nSPS) is 11.8. The molecular weight excluding hydrogens is 280 g/mol. The first-order valence-electron chi connectivity index (χ1n) is 6.17. The van der Waals surface area contributed by atoms with Gasteiger partial charge in [0, 0.05) is 31.3 Å². The summed E-state index contributed by atoms with van der Waals surface area (Å²) in [6.07, 6.45) is 4.62. The molecule has 110 valence electrons. The molecule has 1 aromatic heterocycles. The highest BCUT2D eigenvalue weighted by Gasteiger charge is 2.25. The molecule has 0 spiro atoms. The number of rotatable bonds is 6. The van der Waals surface area contributed by atoms with Crippen molar-refractivity contribution in [2.75, 3.05) is 26.8 Å². The van der Waals surface area contributed by atoms with Gasteiger partial charge in [-0.2, -0.15) is 0 Å². The van der Waals surface area contributed by atoms with E-state index in [9.17, 15) is 15.0 Å². The quantitative estimate of drug-likeness (QED) is 0.611. The number of aliphatic hydroxyl groups is 2. The minimum absolute atomic E-state index is 0.189. The molecule has 0 saturated heterocycles. The van der Waals surface area contributed by atoms with E-state index in [-0.39, 0.29) is 25.7 Å². The van der Waals surface area contributed by atoms with Crippen molar-refractivity contribution in [3.05, 3.63) is 35.1 Å². The van der Waals surface area contributed by atoms with E-state index in [1.165, 1.54) is 11.0 Å². The zero-order valence-electron chi connectivity index (χ0n) is 11.6. The molecule has 0 bridgehead atoms. The highest BCUT2D eigenvalue weighted by Crippen LogP contribution is 2.15. The number of aromatic nitrogens is 1. The molecule has 1 rings (SSSR count). The maximum atomic E-state index is 11.9. The van der Waals surface area contributed by atoms with Crippen molar-refractivity contribution in [1.29, 1.82) is 0 Å². The maximum Gasteiger partial charge on any atom is 0.246 e. The van der Waals surface area contributed by atoms with Gasteiger partial charge in [0.1, 0.15) is 5.15 Å². The second kappa shape index (κ2) is 7.38. The van der Waals surface area contributed by atoms with Crippen molar-refractivity contribution >= 4 is 23.6 Å². The molecule has 1 amide bonds. The molecule has 6 heteroatoms. The molecule has 0 fully saturated rings. The fraction of sp³-hybridized carbons (Fsp3) is 0.429. The van der Waals surface area contributed by atoms with Crippen LogP contribution in [0.2, 0.25) is 5.15 Å². The number of carbonyl (C=O) groups is 1. The Kier molecular flexibility index (Phi) is 6.13. The van der Waals surface area contributed by atoms with Gasteiger partial charge in [0.05, 0.1) is 13.2 Å².